The predicted molar refractivity (Wildman–Crippen MR) is 85.5 cm³/mol. The molecule has 2 aromatic rings. The van der Waals surface area contributed by atoms with Crippen molar-refractivity contribution in [2.45, 2.75) is 38.0 Å². The van der Waals surface area contributed by atoms with E-state index >= 15 is 0 Å². The summed E-state index contributed by atoms with van der Waals surface area (Å²) >= 11 is 0. The molecule has 1 aliphatic carbocycles. The minimum absolute atomic E-state index is 0.0499. The molecule has 1 aromatic heterocycles. The molecule has 1 amide bonds. The van der Waals surface area contributed by atoms with Crippen LogP contribution in [-0.4, -0.2) is 49.3 Å². The van der Waals surface area contributed by atoms with Crippen LogP contribution in [0.2, 0.25) is 0 Å². The number of carbonyl (C=O) groups is 1. The van der Waals surface area contributed by atoms with Gasteiger partial charge in [0, 0.05) is 24.6 Å². The summed E-state index contributed by atoms with van der Waals surface area (Å²) in [6.45, 7) is 3.07. The Bertz CT molecular complexity index is 738. The summed E-state index contributed by atoms with van der Waals surface area (Å²) in [5, 5.41) is 0.995. The molecule has 1 aliphatic heterocycles. The van der Waals surface area contributed by atoms with E-state index in [1.807, 2.05) is 36.1 Å². The normalized spacial score (nSPS) is 27.4. The number of amides is 1. The van der Waals surface area contributed by atoms with Crippen LogP contribution in [0.5, 0.6) is 0 Å². The van der Waals surface area contributed by atoms with Gasteiger partial charge in [0.1, 0.15) is 11.7 Å². The van der Waals surface area contributed by atoms with Crippen LogP contribution in [0.4, 0.5) is 0 Å². The van der Waals surface area contributed by atoms with Crippen LogP contribution in [0.1, 0.15) is 29.0 Å². The zero-order chi connectivity index (χ0) is 16.0. The molecule has 0 N–H and O–H groups in total. The lowest BCUT2D eigenvalue weighted by atomic mass is 10.1. The van der Waals surface area contributed by atoms with Crippen LogP contribution in [0.25, 0.3) is 11.0 Å². The second kappa shape index (κ2) is 5.65. The maximum atomic E-state index is 13.1. The molecule has 0 spiro atoms. The van der Waals surface area contributed by atoms with Crippen molar-refractivity contribution in [3.63, 3.8) is 0 Å². The molecule has 1 saturated carbocycles. The first-order chi connectivity index (χ1) is 11.2. The Hall–Kier alpha value is -1.85. The van der Waals surface area contributed by atoms with Crippen LogP contribution in [0, 0.1) is 6.92 Å². The molecule has 0 radical (unpaired) electrons. The summed E-state index contributed by atoms with van der Waals surface area (Å²) in [7, 11) is 1.69. The highest BCUT2D eigenvalue weighted by Crippen LogP contribution is 2.34. The average Bonchev–Trinajstić information content (AvgIpc) is 3.04. The van der Waals surface area contributed by atoms with Gasteiger partial charge in [-0.25, -0.2) is 0 Å². The lowest BCUT2D eigenvalue weighted by molar-refractivity contribution is -0.0317. The van der Waals surface area contributed by atoms with E-state index in [0.717, 1.165) is 29.4 Å². The van der Waals surface area contributed by atoms with Crippen molar-refractivity contribution in [2.75, 3.05) is 20.3 Å². The zero-order valence-electron chi connectivity index (χ0n) is 13.5. The number of ether oxygens (including phenoxy) is 2. The zero-order valence-corrected chi connectivity index (χ0v) is 13.5. The molecule has 1 saturated heterocycles. The van der Waals surface area contributed by atoms with Crippen molar-refractivity contribution >= 4 is 16.9 Å². The highest BCUT2D eigenvalue weighted by atomic mass is 16.5. The Morgan fingerprint density at radius 2 is 2.13 bits per heavy atom. The van der Waals surface area contributed by atoms with E-state index in [2.05, 4.69) is 0 Å². The number of hydrogen-bond acceptors (Lipinski definition) is 4. The molecule has 122 valence electrons. The Kier molecular flexibility index (Phi) is 3.62. The number of rotatable bonds is 2. The lowest BCUT2D eigenvalue weighted by Gasteiger charge is -2.30. The number of para-hydroxylation sites is 1. The Balaban J connectivity index is 1.71. The van der Waals surface area contributed by atoms with E-state index in [9.17, 15) is 4.79 Å². The Labute approximate surface area is 135 Å². The van der Waals surface area contributed by atoms with Gasteiger partial charge in [0.15, 0.2) is 5.76 Å². The fraction of sp³-hybridized carbons (Fsp3) is 0.500. The summed E-state index contributed by atoms with van der Waals surface area (Å²) < 4.78 is 17.3. The Morgan fingerprint density at radius 1 is 1.30 bits per heavy atom. The highest BCUT2D eigenvalue weighted by molar-refractivity contribution is 5.99. The first-order valence-corrected chi connectivity index (χ1v) is 8.14. The molecule has 5 nitrogen and oxygen atoms in total. The third-order valence-electron chi connectivity index (χ3n) is 5.13. The van der Waals surface area contributed by atoms with Crippen molar-refractivity contribution in [3.05, 3.63) is 35.6 Å². The molecule has 2 aliphatic rings. The van der Waals surface area contributed by atoms with Gasteiger partial charge in [0.05, 0.1) is 18.8 Å². The maximum absolute atomic E-state index is 13.1. The monoisotopic (exact) mass is 315 g/mol. The lowest BCUT2D eigenvalue weighted by Crippen LogP contribution is -2.46. The van der Waals surface area contributed by atoms with Crippen molar-refractivity contribution in [1.82, 2.24) is 4.90 Å². The van der Waals surface area contributed by atoms with Gasteiger partial charge in [0.2, 0.25) is 0 Å². The molecule has 3 atom stereocenters. The standard InChI is InChI=1S/C18H21NO4/c1-11-12-5-3-4-6-14(12)23-16(11)18(20)19-9-10-22-15-8-7-13(19)17(15)21-2/h3-6,13,15,17H,7-10H2,1-2H3/t13-,15-,17+/m1/s1. The number of nitrogens with zero attached hydrogens (tertiary/aromatic N) is 1. The smallest absolute Gasteiger partial charge is 0.290 e. The molecule has 5 heteroatoms. The fourth-order valence-electron chi connectivity index (χ4n) is 3.96. The third kappa shape index (κ3) is 2.26. The average molecular weight is 315 g/mol. The number of furan rings is 1. The van der Waals surface area contributed by atoms with Crippen molar-refractivity contribution in [2.24, 2.45) is 0 Å². The van der Waals surface area contributed by atoms with E-state index in [-0.39, 0.29) is 24.2 Å². The number of hydrogen-bond donors (Lipinski definition) is 0. The largest absolute Gasteiger partial charge is 0.451 e. The van der Waals surface area contributed by atoms with Crippen molar-refractivity contribution in [3.8, 4) is 0 Å². The number of carbonyl (C=O) groups excluding carboxylic acids is 1. The predicted octanol–water partition coefficient (Wildman–Crippen LogP) is 2.76. The van der Waals surface area contributed by atoms with Gasteiger partial charge in [-0.15, -0.1) is 0 Å². The van der Waals surface area contributed by atoms with E-state index in [4.69, 9.17) is 13.9 Å². The van der Waals surface area contributed by atoms with Crippen LogP contribution in [0.15, 0.2) is 28.7 Å². The topological polar surface area (TPSA) is 51.9 Å². The first-order valence-electron chi connectivity index (χ1n) is 8.14. The van der Waals surface area contributed by atoms with Gasteiger partial charge in [-0.1, -0.05) is 18.2 Å². The van der Waals surface area contributed by atoms with Gasteiger partial charge in [-0.2, -0.15) is 0 Å². The molecule has 2 bridgehead atoms. The summed E-state index contributed by atoms with van der Waals surface area (Å²) in [5.41, 5.74) is 1.66. The number of aryl methyl sites for hydroxylation is 1. The number of fused-ring (bicyclic) bond motifs is 3. The minimum atomic E-state index is -0.0584. The quantitative estimate of drug-likeness (QED) is 0.855. The summed E-state index contributed by atoms with van der Waals surface area (Å²) in [6, 6.07) is 7.82. The SMILES string of the molecule is CO[C@H]1[C@H]2CC[C@H]1OCCN2C(=O)c1oc2ccccc2c1C. The van der Waals surface area contributed by atoms with Gasteiger partial charge in [0.25, 0.3) is 5.91 Å². The van der Waals surface area contributed by atoms with Gasteiger partial charge in [-0.3, -0.25) is 4.79 Å². The van der Waals surface area contributed by atoms with Crippen molar-refractivity contribution < 1.29 is 18.7 Å². The third-order valence-corrected chi connectivity index (χ3v) is 5.13. The number of methoxy groups -OCH3 is 1. The first kappa shape index (κ1) is 14.7. The van der Waals surface area contributed by atoms with Gasteiger partial charge < -0.3 is 18.8 Å². The minimum Gasteiger partial charge on any atom is -0.451 e. The van der Waals surface area contributed by atoms with Gasteiger partial charge >= 0.3 is 0 Å². The molecule has 0 unspecified atom stereocenters. The highest BCUT2D eigenvalue weighted by Gasteiger charge is 2.45. The summed E-state index contributed by atoms with van der Waals surface area (Å²) in [4.78, 5) is 15.0. The van der Waals surface area contributed by atoms with E-state index in [1.165, 1.54) is 0 Å². The molecule has 2 heterocycles. The van der Waals surface area contributed by atoms with Crippen molar-refractivity contribution in [1.29, 1.82) is 0 Å². The molecular weight excluding hydrogens is 294 g/mol. The fourth-order valence-corrected chi connectivity index (χ4v) is 3.96. The molecule has 1 aromatic carbocycles. The van der Waals surface area contributed by atoms with E-state index in [1.54, 1.807) is 7.11 Å². The van der Waals surface area contributed by atoms with Crippen LogP contribution in [0.3, 0.4) is 0 Å². The maximum Gasteiger partial charge on any atom is 0.290 e. The van der Waals surface area contributed by atoms with Gasteiger partial charge in [-0.05, 0) is 25.8 Å². The second-order valence-electron chi connectivity index (χ2n) is 6.31. The van der Waals surface area contributed by atoms with E-state index < -0.39 is 0 Å². The van der Waals surface area contributed by atoms with Crippen LogP contribution in [-0.2, 0) is 9.47 Å². The summed E-state index contributed by atoms with van der Waals surface area (Å²) in [5.74, 6) is 0.378. The molecule has 23 heavy (non-hydrogen) atoms. The van der Waals surface area contributed by atoms with Crippen LogP contribution >= 0.6 is 0 Å². The molecular formula is C18H21NO4. The van der Waals surface area contributed by atoms with E-state index in [0.29, 0.717) is 18.9 Å². The summed E-state index contributed by atoms with van der Waals surface area (Å²) in [6.07, 6.45) is 1.89. The second-order valence-corrected chi connectivity index (χ2v) is 6.31. The molecule has 2 fully saturated rings. The van der Waals surface area contributed by atoms with Crippen LogP contribution < -0.4 is 0 Å². The Morgan fingerprint density at radius 3 is 2.91 bits per heavy atom. The molecule has 4 rings (SSSR count). The number of benzene rings is 1.